The van der Waals surface area contributed by atoms with Crippen molar-refractivity contribution in [2.45, 2.75) is 0 Å². The molecule has 0 spiro atoms. The Kier molecular flexibility index (Phi) is 82.3. The first-order valence-electron chi connectivity index (χ1n) is 1.28. The molecule has 0 aliphatic heterocycles. The van der Waals surface area contributed by atoms with E-state index in [2.05, 4.69) is 36.8 Å². The molecule has 0 aromatic carbocycles. The Labute approximate surface area is 70.6 Å². The van der Waals surface area contributed by atoms with Crippen LogP contribution in [0.5, 0.6) is 0 Å². The standard InChI is InChI=1S/C2H4.CH4N2S.Mg.O/c1-2;2-1(3)4;;/h1-2H2;(H4,2,3,4);;/q;;+2;-2. The zero-order valence-electron chi connectivity index (χ0n) is 4.59. The molecule has 0 unspecified atom stereocenters. The number of hydrogen-bond donors (Lipinski definition) is 2. The van der Waals surface area contributed by atoms with E-state index in [1.54, 1.807) is 0 Å². The van der Waals surface area contributed by atoms with Crippen molar-refractivity contribution in [1.29, 1.82) is 0 Å². The van der Waals surface area contributed by atoms with E-state index < -0.39 is 0 Å². The van der Waals surface area contributed by atoms with Gasteiger partial charge in [-0.2, -0.15) is 0 Å². The Morgan fingerprint density at radius 2 is 1.25 bits per heavy atom. The number of hydrogen-bond acceptors (Lipinski definition) is 1. The number of thiocarbonyl (C=S) groups is 1. The zero-order chi connectivity index (χ0) is 5.58. The first-order chi connectivity index (χ1) is 2.73. The third-order valence-corrected chi connectivity index (χ3v) is 0. The Bertz CT molecular complexity index is 48.5. The minimum atomic E-state index is 0. The van der Waals surface area contributed by atoms with Gasteiger partial charge in [0, 0.05) is 0 Å². The molecule has 0 saturated heterocycles. The summed E-state index contributed by atoms with van der Waals surface area (Å²) in [7, 11) is 0. The van der Waals surface area contributed by atoms with Gasteiger partial charge >= 0.3 is 23.1 Å². The zero-order valence-corrected chi connectivity index (χ0v) is 6.82. The topological polar surface area (TPSA) is 80.5 Å². The fourth-order valence-corrected chi connectivity index (χ4v) is 0. The number of rotatable bonds is 0. The molecule has 44 valence electrons. The molecule has 0 heterocycles. The molecule has 0 atom stereocenters. The van der Waals surface area contributed by atoms with Crippen molar-refractivity contribution >= 4 is 40.4 Å². The van der Waals surface area contributed by atoms with Crippen LogP contribution < -0.4 is 11.5 Å². The molecule has 4 N–H and O–H groups in total. The molecule has 0 aromatic rings. The Balaban J connectivity index is -0.0000000183. The van der Waals surface area contributed by atoms with Crippen LogP contribution in [0.15, 0.2) is 13.2 Å². The maximum atomic E-state index is 4.62. The molecule has 0 fully saturated rings. The summed E-state index contributed by atoms with van der Waals surface area (Å²) in [5.41, 5.74) is 9.24. The average molecular weight is 144 g/mol. The molecule has 0 aromatic heterocycles. The first-order valence-corrected chi connectivity index (χ1v) is 1.69. The van der Waals surface area contributed by atoms with E-state index in [1.165, 1.54) is 0 Å². The summed E-state index contributed by atoms with van der Waals surface area (Å²) in [6.45, 7) is 6.00. The summed E-state index contributed by atoms with van der Waals surface area (Å²) in [6.07, 6.45) is 0. The van der Waals surface area contributed by atoms with Crippen LogP contribution in [0.4, 0.5) is 0 Å². The van der Waals surface area contributed by atoms with E-state index >= 15 is 0 Å². The number of nitrogens with two attached hydrogens (primary N) is 2. The van der Waals surface area contributed by atoms with Crippen LogP contribution in [0, 0.1) is 0 Å². The van der Waals surface area contributed by atoms with Gasteiger partial charge in [-0.3, -0.25) is 0 Å². The van der Waals surface area contributed by atoms with Crippen molar-refractivity contribution in [3.05, 3.63) is 13.2 Å². The van der Waals surface area contributed by atoms with Crippen LogP contribution in [0.1, 0.15) is 0 Å². The minimum absolute atomic E-state index is 0. The fraction of sp³-hybridized carbons (Fsp3) is 0. The van der Waals surface area contributed by atoms with Gasteiger partial charge in [-0.25, -0.2) is 0 Å². The van der Waals surface area contributed by atoms with Crippen molar-refractivity contribution in [3.8, 4) is 0 Å². The quantitative estimate of drug-likeness (QED) is 0.273. The van der Waals surface area contributed by atoms with E-state index in [9.17, 15) is 0 Å². The van der Waals surface area contributed by atoms with Crippen molar-refractivity contribution in [2.24, 2.45) is 11.5 Å². The first kappa shape index (κ1) is 24.2. The molecule has 3 nitrogen and oxygen atoms in total. The van der Waals surface area contributed by atoms with Gasteiger partial charge in [-0.05, 0) is 12.2 Å². The molecule has 5 heteroatoms. The summed E-state index contributed by atoms with van der Waals surface area (Å²) >= 11 is 4.09. The van der Waals surface area contributed by atoms with Crippen LogP contribution in [-0.2, 0) is 5.48 Å². The maximum absolute atomic E-state index is 4.62. The van der Waals surface area contributed by atoms with Crippen molar-refractivity contribution in [2.75, 3.05) is 0 Å². The maximum Gasteiger partial charge on any atom is 2.00 e. The SMILES string of the molecule is C=C.NC(N)=S.[Mg+2].[O-2]. The third-order valence-electron chi connectivity index (χ3n) is 0. The van der Waals surface area contributed by atoms with E-state index in [0.717, 1.165) is 0 Å². The summed E-state index contributed by atoms with van der Waals surface area (Å²) in [4.78, 5) is 0. The largest absolute Gasteiger partial charge is 2.00 e. The van der Waals surface area contributed by atoms with E-state index in [4.69, 9.17) is 0 Å². The molecule has 0 aliphatic carbocycles. The molecule has 0 amide bonds. The molecule has 8 heavy (non-hydrogen) atoms. The van der Waals surface area contributed by atoms with Gasteiger partial charge in [-0.15, -0.1) is 13.2 Å². The van der Waals surface area contributed by atoms with E-state index in [0.29, 0.717) is 0 Å². The Morgan fingerprint density at radius 1 is 1.25 bits per heavy atom. The summed E-state index contributed by atoms with van der Waals surface area (Å²) in [6, 6.07) is 0. The second-order valence-electron chi connectivity index (χ2n) is 0.402. The molecule has 0 aliphatic rings. The smallest absolute Gasteiger partial charge is 2.00 e. The average Bonchev–Trinajstić information content (AvgIpc) is 1.41. The van der Waals surface area contributed by atoms with E-state index in [1.807, 2.05) is 0 Å². The molecule has 0 radical (unpaired) electrons. The monoisotopic (exact) mass is 144 g/mol. The van der Waals surface area contributed by atoms with Gasteiger partial charge < -0.3 is 16.9 Å². The summed E-state index contributed by atoms with van der Waals surface area (Å²) in [5, 5.41) is 0.000000000000000222. The van der Waals surface area contributed by atoms with Gasteiger partial charge in [-0.1, -0.05) is 0 Å². The predicted octanol–water partition coefficient (Wildman–Crippen LogP) is -0.509. The van der Waals surface area contributed by atoms with Gasteiger partial charge in [0.05, 0.1) is 0 Å². The summed E-state index contributed by atoms with van der Waals surface area (Å²) in [5.74, 6) is 0. The Morgan fingerprint density at radius 3 is 1.25 bits per heavy atom. The third kappa shape index (κ3) is 6710. The molecule has 0 saturated carbocycles. The van der Waals surface area contributed by atoms with Crippen molar-refractivity contribution in [3.63, 3.8) is 0 Å². The molecule has 0 rings (SSSR count). The van der Waals surface area contributed by atoms with E-state index in [-0.39, 0.29) is 33.6 Å². The van der Waals surface area contributed by atoms with Crippen LogP contribution in [0.2, 0.25) is 0 Å². The van der Waals surface area contributed by atoms with Crippen LogP contribution in [0.3, 0.4) is 0 Å². The van der Waals surface area contributed by atoms with Gasteiger partial charge in [0.25, 0.3) is 0 Å². The molecule has 0 bridgehead atoms. The molecular formula is C3H8MgN2OS. The van der Waals surface area contributed by atoms with Crippen LogP contribution in [-0.4, -0.2) is 28.2 Å². The molecular weight excluding hydrogens is 136 g/mol. The van der Waals surface area contributed by atoms with Crippen molar-refractivity contribution < 1.29 is 5.48 Å². The van der Waals surface area contributed by atoms with Crippen LogP contribution >= 0.6 is 12.2 Å². The van der Waals surface area contributed by atoms with Crippen molar-refractivity contribution in [1.82, 2.24) is 0 Å². The minimum Gasteiger partial charge on any atom is -2.00 e. The normalized spacial score (nSPS) is 3.50. The fourth-order valence-electron chi connectivity index (χ4n) is 0. The van der Waals surface area contributed by atoms with Gasteiger partial charge in [0.15, 0.2) is 5.11 Å². The predicted molar refractivity (Wildman–Crippen MR) is 38.7 cm³/mol. The summed E-state index contributed by atoms with van der Waals surface area (Å²) < 4.78 is 0. The van der Waals surface area contributed by atoms with Gasteiger partial charge in [0.1, 0.15) is 0 Å². The Hall–Kier alpha value is 0.156. The van der Waals surface area contributed by atoms with Gasteiger partial charge in [0.2, 0.25) is 0 Å². The second-order valence-corrected chi connectivity index (χ2v) is 0.874. The van der Waals surface area contributed by atoms with Crippen LogP contribution in [0.25, 0.3) is 0 Å². The second kappa shape index (κ2) is 27.2.